The molecule has 1 aliphatic rings. The quantitative estimate of drug-likeness (QED) is 0.658. The minimum atomic E-state index is -0.535. The zero-order valence-corrected chi connectivity index (χ0v) is 12.3. The topological polar surface area (TPSA) is 49.3 Å². The van der Waals surface area contributed by atoms with Crippen LogP contribution in [0.2, 0.25) is 0 Å². The highest BCUT2D eigenvalue weighted by molar-refractivity contribution is 5.78. The van der Waals surface area contributed by atoms with Gasteiger partial charge >= 0.3 is 0 Å². The fourth-order valence-electron chi connectivity index (χ4n) is 2.18. The van der Waals surface area contributed by atoms with Crippen LogP contribution in [0.25, 0.3) is 0 Å². The van der Waals surface area contributed by atoms with Gasteiger partial charge in [0.1, 0.15) is 0 Å². The van der Waals surface area contributed by atoms with Crippen LogP contribution in [0.1, 0.15) is 31.7 Å². The summed E-state index contributed by atoms with van der Waals surface area (Å²) in [6.45, 7) is 1.97. The van der Waals surface area contributed by atoms with Crippen LogP contribution in [0, 0.1) is 17.8 Å². The molecule has 3 heteroatoms. The highest BCUT2D eigenvalue weighted by Crippen LogP contribution is 2.12. The van der Waals surface area contributed by atoms with E-state index in [2.05, 4.69) is 17.2 Å². The van der Waals surface area contributed by atoms with E-state index in [1.165, 1.54) is 0 Å². The summed E-state index contributed by atoms with van der Waals surface area (Å²) in [6.07, 6.45) is 5.14. The lowest BCUT2D eigenvalue weighted by molar-refractivity contribution is -0.119. The van der Waals surface area contributed by atoms with Crippen LogP contribution in [0.4, 0.5) is 0 Å². The molecule has 0 saturated carbocycles. The van der Waals surface area contributed by atoms with E-state index in [0.29, 0.717) is 12.8 Å². The molecule has 0 radical (unpaired) electrons. The van der Waals surface area contributed by atoms with Crippen LogP contribution in [-0.4, -0.2) is 23.2 Å². The molecule has 0 bridgehead atoms. The van der Waals surface area contributed by atoms with E-state index in [0.717, 1.165) is 12.0 Å². The Bertz CT molecular complexity index is 554. The highest BCUT2D eigenvalue weighted by atomic mass is 16.3. The molecule has 110 valence electrons. The van der Waals surface area contributed by atoms with E-state index in [1.54, 1.807) is 6.08 Å². The van der Waals surface area contributed by atoms with Gasteiger partial charge in [0.15, 0.2) is 0 Å². The number of carbonyl (C=O) groups excluding carboxylic acids is 1. The molecule has 1 heterocycles. The maximum Gasteiger partial charge on any atom is 0.220 e. The zero-order valence-electron chi connectivity index (χ0n) is 12.3. The maximum absolute atomic E-state index is 11.1. The first-order valence-electron chi connectivity index (χ1n) is 7.35. The van der Waals surface area contributed by atoms with E-state index in [-0.39, 0.29) is 17.9 Å². The standard InChI is InChI=1S/C18H21NO2/c1-14(6-5-9-15-7-3-2-4-8-15)17(20)12-10-16-11-13-18(21)19-16/h2-4,7-8,10,12,14,16-17,20H,6,11,13H2,1H3,(H,19,21)/b12-10+/t14-,16-,17+/m0/s1. The summed E-state index contributed by atoms with van der Waals surface area (Å²) >= 11 is 0. The monoisotopic (exact) mass is 283 g/mol. The molecular formula is C18H21NO2. The molecule has 1 aliphatic heterocycles. The van der Waals surface area contributed by atoms with E-state index in [1.807, 2.05) is 43.3 Å². The number of carbonyl (C=O) groups is 1. The van der Waals surface area contributed by atoms with Gasteiger partial charge < -0.3 is 10.4 Å². The van der Waals surface area contributed by atoms with Gasteiger partial charge in [-0.15, -0.1) is 0 Å². The molecule has 1 amide bonds. The molecule has 1 aromatic carbocycles. The van der Waals surface area contributed by atoms with E-state index in [9.17, 15) is 9.90 Å². The molecule has 0 aromatic heterocycles. The lowest BCUT2D eigenvalue weighted by Crippen LogP contribution is -2.24. The van der Waals surface area contributed by atoms with Gasteiger partial charge in [-0.2, -0.15) is 0 Å². The summed E-state index contributed by atoms with van der Waals surface area (Å²) in [4.78, 5) is 11.1. The third kappa shape index (κ3) is 5.09. The highest BCUT2D eigenvalue weighted by Gasteiger charge is 2.18. The Morgan fingerprint density at radius 2 is 2.19 bits per heavy atom. The molecule has 2 N–H and O–H groups in total. The summed E-state index contributed by atoms with van der Waals surface area (Å²) in [5.74, 6) is 6.34. The number of amides is 1. The number of hydrogen-bond acceptors (Lipinski definition) is 2. The molecule has 3 nitrogen and oxygen atoms in total. The molecule has 3 atom stereocenters. The fraction of sp³-hybridized carbons (Fsp3) is 0.389. The summed E-state index contributed by atoms with van der Waals surface area (Å²) in [6, 6.07) is 9.88. The van der Waals surface area contributed by atoms with Gasteiger partial charge in [-0.3, -0.25) is 4.79 Å². The molecule has 1 aromatic rings. The average molecular weight is 283 g/mol. The minimum absolute atomic E-state index is 0.0644. The van der Waals surface area contributed by atoms with Gasteiger partial charge in [-0.05, 0) is 24.5 Å². The van der Waals surface area contributed by atoms with Crippen molar-refractivity contribution in [1.82, 2.24) is 5.32 Å². The Labute approximate surface area is 126 Å². The normalized spacial score (nSPS) is 20.7. The van der Waals surface area contributed by atoms with Crippen LogP contribution in [0.5, 0.6) is 0 Å². The van der Waals surface area contributed by atoms with Crippen molar-refractivity contribution in [2.24, 2.45) is 5.92 Å². The van der Waals surface area contributed by atoms with Crippen molar-refractivity contribution in [2.75, 3.05) is 0 Å². The molecule has 21 heavy (non-hydrogen) atoms. The number of aliphatic hydroxyl groups excluding tert-OH is 1. The van der Waals surface area contributed by atoms with Crippen LogP contribution in [0.3, 0.4) is 0 Å². The second-order valence-electron chi connectivity index (χ2n) is 5.44. The summed E-state index contributed by atoms with van der Waals surface area (Å²) in [7, 11) is 0. The Balaban J connectivity index is 1.80. The van der Waals surface area contributed by atoms with Gasteiger partial charge in [0.2, 0.25) is 5.91 Å². The molecule has 0 aliphatic carbocycles. The predicted molar refractivity (Wildman–Crippen MR) is 83.4 cm³/mol. The number of rotatable bonds is 4. The Morgan fingerprint density at radius 1 is 1.43 bits per heavy atom. The first-order valence-corrected chi connectivity index (χ1v) is 7.35. The first kappa shape index (κ1) is 15.3. The fourth-order valence-corrected chi connectivity index (χ4v) is 2.18. The Morgan fingerprint density at radius 3 is 2.86 bits per heavy atom. The Kier molecular flexibility index (Phi) is 5.59. The average Bonchev–Trinajstić information content (AvgIpc) is 2.91. The van der Waals surface area contributed by atoms with Gasteiger partial charge in [0, 0.05) is 24.4 Å². The lowest BCUT2D eigenvalue weighted by Gasteiger charge is -2.13. The molecule has 0 unspecified atom stereocenters. The van der Waals surface area contributed by atoms with Gasteiger partial charge in [0.05, 0.1) is 6.10 Å². The summed E-state index contributed by atoms with van der Waals surface area (Å²) < 4.78 is 0. The van der Waals surface area contributed by atoms with Crippen LogP contribution in [-0.2, 0) is 4.79 Å². The van der Waals surface area contributed by atoms with Crippen molar-refractivity contribution in [1.29, 1.82) is 0 Å². The third-order valence-electron chi connectivity index (χ3n) is 3.58. The number of aliphatic hydroxyl groups is 1. The predicted octanol–water partition coefficient (Wildman–Crippen LogP) is 2.26. The van der Waals surface area contributed by atoms with Crippen molar-refractivity contribution >= 4 is 5.91 Å². The van der Waals surface area contributed by atoms with Crippen molar-refractivity contribution in [3.05, 3.63) is 48.0 Å². The van der Waals surface area contributed by atoms with E-state index in [4.69, 9.17) is 0 Å². The molecular weight excluding hydrogens is 262 g/mol. The number of benzene rings is 1. The van der Waals surface area contributed by atoms with E-state index < -0.39 is 6.10 Å². The maximum atomic E-state index is 11.1. The molecule has 1 saturated heterocycles. The SMILES string of the molecule is C[C@@H](CC#Cc1ccccc1)[C@H](O)/C=C/[C@H]1CCC(=O)N1. The minimum Gasteiger partial charge on any atom is -0.389 e. The lowest BCUT2D eigenvalue weighted by atomic mass is 10.00. The Hall–Kier alpha value is -2.05. The first-order chi connectivity index (χ1) is 10.1. The van der Waals surface area contributed by atoms with Gasteiger partial charge in [-0.25, -0.2) is 0 Å². The van der Waals surface area contributed by atoms with Crippen LogP contribution in [0.15, 0.2) is 42.5 Å². The van der Waals surface area contributed by atoms with Crippen molar-refractivity contribution < 1.29 is 9.90 Å². The van der Waals surface area contributed by atoms with E-state index >= 15 is 0 Å². The van der Waals surface area contributed by atoms with Gasteiger partial charge in [0.25, 0.3) is 0 Å². The molecule has 0 spiro atoms. The van der Waals surface area contributed by atoms with Crippen molar-refractivity contribution in [2.45, 2.75) is 38.3 Å². The van der Waals surface area contributed by atoms with Crippen LogP contribution >= 0.6 is 0 Å². The van der Waals surface area contributed by atoms with Gasteiger partial charge in [-0.1, -0.05) is 49.1 Å². The summed E-state index contributed by atoms with van der Waals surface area (Å²) in [5, 5.41) is 12.9. The smallest absolute Gasteiger partial charge is 0.220 e. The van der Waals surface area contributed by atoms with Crippen molar-refractivity contribution in [3.63, 3.8) is 0 Å². The summed E-state index contributed by atoms with van der Waals surface area (Å²) in [5.41, 5.74) is 0.989. The number of hydrogen-bond donors (Lipinski definition) is 2. The zero-order chi connectivity index (χ0) is 15.1. The largest absolute Gasteiger partial charge is 0.389 e. The van der Waals surface area contributed by atoms with Crippen molar-refractivity contribution in [3.8, 4) is 11.8 Å². The third-order valence-corrected chi connectivity index (χ3v) is 3.58. The second-order valence-corrected chi connectivity index (χ2v) is 5.44. The molecule has 2 rings (SSSR count). The van der Waals surface area contributed by atoms with Crippen LogP contribution < -0.4 is 5.32 Å². The second kappa shape index (κ2) is 7.66. The molecule has 1 fully saturated rings. The number of nitrogens with one attached hydrogen (secondary N) is 1.